The highest BCUT2D eigenvalue weighted by Crippen LogP contribution is 2.30. The highest BCUT2D eigenvalue weighted by molar-refractivity contribution is 7.89. The Labute approximate surface area is 225 Å². The zero-order valence-corrected chi connectivity index (χ0v) is 24.8. The molecule has 0 bridgehead atoms. The monoisotopic (exact) mass is 554 g/mol. The van der Waals surface area contributed by atoms with Gasteiger partial charge in [0.15, 0.2) is 0 Å². The van der Waals surface area contributed by atoms with Gasteiger partial charge in [-0.2, -0.15) is 8.61 Å². The van der Waals surface area contributed by atoms with Crippen molar-refractivity contribution in [1.82, 2.24) is 18.4 Å². The smallest absolute Gasteiger partial charge is 0.243 e. The topological polar surface area (TPSA) is 81.2 Å². The summed E-state index contributed by atoms with van der Waals surface area (Å²) >= 11 is 0. The molecule has 0 saturated carbocycles. The van der Waals surface area contributed by atoms with E-state index in [4.69, 9.17) is 0 Å². The molecule has 3 heterocycles. The maximum atomic E-state index is 13.3. The lowest BCUT2D eigenvalue weighted by Crippen LogP contribution is -2.54. The first kappa shape index (κ1) is 29.0. The third-order valence-corrected chi connectivity index (χ3v) is 12.8. The van der Waals surface area contributed by atoms with Crippen molar-refractivity contribution in [3.05, 3.63) is 28.8 Å². The molecule has 0 atom stereocenters. The Hall–Kier alpha value is -1.04. The summed E-state index contributed by atoms with van der Waals surface area (Å²) in [6.07, 6.45) is 5.41. The molecule has 0 aromatic heterocycles. The van der Waals surface area contributed by atoms with E-state index >= 15 is 0 Å². The van der Waals surface area contributed by atoms with Crippen molar-refractivity contribution in [3.8, 4) is 0 Å². The third kappa shape index (κ3) is 6.94. The predicted octanol–water partition coefficient (Wildman–Crippen LogP) is 2.83. The van der Waals surface area contributed by atoms with Crippen molar-refractivity contribution < 1.29 is 16.8 Å². The van der Waals surface area contributed by atoms with Gasteiger partial charge in [-0.25, -0.2) is 16.8 Å². The van der Waals surface area contributed by atoms with Crippen LogP contribution in [0.2, 0.25) is 0 Å². The van der Waals surface area contributed by atoms with Crippen LogP contribution in [0.15, 0.2) is 17.0 Å². The number of sulfonamides is 2. The lowest BCUT2D eigenvalue weighted by molar-refractivity contribution is 0.0892. The molecule has 0 amide bonds. The average molecular weight is 555 g/mol. The van der Waals surface area contributed by atoms with Crippen LogP contribution in [0.5, 0.6) is 0 Å². The summed E-state index contributed by atoms with van der Waals surface area (Å²) in [5.41, 5.74) is 2.68. The molecular weight excluding hydrogens is 508 g/mol. The molecule has 1 aromatic carbocycles. The molecule has 1 aromatic rings. The fourth-order valence-electron chi connectivity index (χ4n) is 6.53. The minimum absolute atomic E-state index is 0.196. The van der Waals surface area contributed by atoms with E-state index in [9.17, 15) is 16.8 Å². The number of piperidine rings is 2. The van der Waals surface area contributed by atoms with Crippen LogP contribution < -0.4 is 0 Å². The molecule has 3 fully saturated rings. The van der Waals surface area contributed by atoms with Crippen molar-refractivity contribution in [3.63, 3.8) is 0 Å². The zero-order valence-electron chi connectivity index (χ0n) is 23.2. The summed E-state index contributed by atoms with van der Waals surface area (Å²) < 4.78 is 56.0. The largest absolute Gasteiger partial charge is 0.306 e. The number of piperazine rings is 1. The molecule has 0 unspecified atom stereocenters. The van der Waals surface area contributed by atoms with E-state index in [1.807, 2.05) is 32.9 Å². The summed E-state index contributed by atoms with van der Waals surface area (Å²) in [7, 11) is -4.59. The summed E-state index contributed by atoms with van der Waals surface area (Å²) in [6.45, 7) is 11.9. The van der Waals surface area contributed by atoms with Crippen molar-refractivity contribution in [1.29, 1.82) is 0 Å². The Bertz CT molecular complexity index is 1110. The van der Waals surface area contributed by atoms with E-state index < -0.39 is 20.0 Å². The van der Waals surface area contributed by atoms with Crippen LogP contribution in [0.3, 0.4) is 0 Å². The molecule has 0 radical (unpaired) electrons. The van der Waals surface area contributed by atoms with Crippen LogP contribution in [0.1, 0.15) is 55.2 Å². The van der Waals surface area contributed by atoms with Crippen LogP contribution in [-0.2, 0) is 20.0 Å². The molecule has 0 N–H and O–H groups in total. The molecule has 3 saturated heterocycles. The molecule has 10 heteroatoms. The van der Waals surface area contributed by atoms with Crippen LogP contribution >= 0.6 is 0 Å². The third-order valence-electron chi connectivity index (χ3n) is 8.66. The molecule has 3 aliphatic heterocycles. The normalized spacial score (nSPS) is 23.0. The molecule has 3 aliphatic rings. The Morgan fingerprint density at radius 1 is 0.757 bits per heavy atom. The van der Waals surface area contributed by atoms with E-state index in [2.05, 4.69) is 16.8 Å². The van der Waals surface area contributed by atoms with Gasteiger partial charge < -0.3 is 4.90 Å². The number of hydrogen-bond donors (Lipinski definition) is 0. The summed E-state index contributed by atoms with van der Waals surface area (Å²) in [4.78, 5) is 5.30. The Morgan fingerprint density at radius 3 is 1.89 bits per heavy atom. The van der Waals surface area contributed by atoms with Crippen molar-refractivity contribution in [2.24, 2.45) is 5.92 Å². The van der Waals surface area contributed by atoms with Crippen molar-refractivity contribution >= 4 is 20.0 Å². The first-order chi connectivity index (χ1) is 17.5. The van der Waals surface area contributed by atoms with Crippen molar-refractivity contribution in [2.45, 2.75) is 70.2 Å². The van der Waals surface area contributed by atoms with Crippen LogP contribution in [0.25, 0.3) is 0 Å². The SMILES string of the molecule is Cc1cc(C)c(S(=O)(=O)N2CCC(CCCS(=O)(=O)N3CCN(C4CCN(C)CC4)CC3)CC2)c(C)c1. The van der Waals surface area contributed by atoms with E-state index in [1.165, 1.54) is 12.8 Å². The minimum Gasteiger partial charge on any atom is -0.306 e. The number of rotatable bonds is 8. The number of aryl methyl sites for hydroxylation is 3. The number of likely N-dealkylation sites (tertiary alicyclic amines) is 1. The standard InChI is InChI=1S/C27H46N4O4S2/c1-22-20-23(2)27(24(3)21-22)37(34,35)31-13-7-25(8-14-31)6-5-19-36(32,33)30-17-15-29(16-18-30)26-9-11-28(4)12-10-26/h20-21,25-26H,5-19H2,1-4H3. The van der Waals surface area contributed by atoms with E-state index in [0.29, 0.717) is 49.5 Å². The molecule has 0 aliphatic carbocycles. The number of nitrogens with zero attached hydrogens (tertiary/aromatic N) is 4. The quantitative estimate of drug-likeness (QED) is 0.492. The van der Waals surface area contributed by atoms with Gasteiger partial charge in [0.1, 0.15) is 0 Å². The average Bonchev–Trinajstić information content (AvgIpc) is 2.84. The van der Waals surface area contributed by atoms with E-state index in [-0.39, 0.29) is 5.75 Å². The molecular formula is C27H46N4O4S2. The Kier molecular flexibility index (Phi) is 9.39. The maximum Gasteiger partial charge on any atom is 0.243 e. The van der Waals surface area contributed by atoms with Gasteiger partial charge in [-0.15, -0.1) is 0 Å². The van der Waals surface area contributed by atoms with Gasteiger partial charge in [0.05, 0.1) is 10.6 Å². The number of benzene rings is 1. The van der Waals surface area contributed by atoms with Crippen molar-refractivity contribution in [2.75, 3.05) is 65.2 Å². The van der Waals surface area contributed by atoms with Crippen LogP contribution in [-0.4, -0.2) is 106 Å². The molecule has 8 nitrogen and oxygen atoms in total. The zero-order chi connectivity index (χ0) is 26.8. The highest BCUT2D eigenvalue weighted by Gasteiger charge is 2.33. The molecule has 37 heavy (non-hydrogen) atoms. The van der Waals surface area contributed by atoms with Gasteiger partial charge >= 0.3 is 0 Å². The Balaban J connectivity index is 1.21. The first-order valence-electron chi connectivity index (χ1n) is 14.0. The highest BCUT2D eigenvalue weighted by atomic mass is 32.2. The van der Waals surface area contributed by atoms with Gasteiger partial charge in [-0.3, -0.25) is 4.90 Å². The van der Waals surface area contributed by atoms with Crippen LogP contribution in [0.4, 0.5) is 0 Å². The second-order valence-corrected chi connectivity index (χ2v) is 15.5. The van der Waals surface area contributed by atoms with E-state index in [1.54, 1.807) is 8.61 Å². The lowest BCUT2D eigenvalue weighted by atomic mass is 9.94. The first-order valence-corrected chi connectivity index (χ1v) is 17.0. The van der Waals surface area contributed by atoms with E-state index in [0.717, 1.165) is 62.1 Å². The minimum atomic E-state index is -3.51. The summed E-state index contributed by atoms with van der Waals surface area (Å²) in [6, 6.07) is 4.46. The van der Waals surface area contributed by atoms with Crippen LogP contribution in [0, 0.1) is 26.7 Å². The number of hydrogen-bond acceptors (Lipinski definition) is 6. The molecule has 0 spiro atoms. The summed E-state index contributed by atoms with van der Waals surface area (Å²) in [5, 5.41) is 0. The molecule has 210 valence electrons. The Morgan fingerprint density at radius 2 is 1.32 bits per heavy atom. The second-order valence-electron chi connectivity index (χ2n) is 11.5. The molecule has 4 rings (SSSR count). The van der Waals surface area contributed by atoms with Gasteiger partial charge in [0.2, 0.25) is 20.0 Å². The predicted molar refractivity (Wildman–Crippen MR) is 149 cm³/mol. The fraction of sp³-hybridized carbons (Fsp3) is 0.778. The van der Waals surface area contributed by atoms with Gasteiger partial charge in [0, 0.05) is 45.3 Å². The lowest BCUT2D eigenvalue weighted by Gasteiger charge is -2.41. The van der Waals surface area contributed by atoms with Gasteiger partial charge in [-0.05, 0) is 96.5 Å². The summed E-state index contributed by atoms with van der Waals surface area (Å²) in [5.74, 6) is 0.574. The van der Waals surface area contributed by atoms with Gasteiger partial charge in [-0.1, -0.05) is 17.7 Å². The maximum absolute atomic E-state index is 13.3. The van der Waals surface area contributed by atoms with Gasteiger partial charge in [0.25, 0.3) is 0 Å². The second kappa shape index (κ2) is 12.0. The fourth-order valence-corrected chi connectivity index (χ4v) is 9.92.